The number of carbonyl (C=O) groups excluding carboxylic acids is 1. The average molecular weight is 264 g/mol. The van der Waals surface area contributed by atoms with Crippen molar-refractivity contribution in [1.82, 2.24) is 4.90 Å². The molecule has 0 aliphatic rings. The van der Waals surface area contributed by atoms with Gasteiger partial charge < -0.3 is 15.4 Å². The average Bonchev–Trinajstić information content (AvgIpc) is 2.37. The summed E-state index contributed by atoms with van der Waals surface area (Å²) in [6.45, 7) is 7.19. The van der Waals surface area contributed by atoms with E-state index in [4.69, 9.17) is 10.5 Å². The van der Waals surface area contributed by atoms with E-state index in [1.54, 1.807) is 24.1 Å². The summed E-state index contributed by atoms with van der Waals surface area (Å²) in [7, 11) is 1.80. The first-order valence-electron chi connectivity index (χ1n) is 6.66. The molecule has 0 heterocycles. The van der Waals surface area contributed by atoms with Gasteiger partial charge in [0.1, 0.15) is 5.75 Å². The van der Waals surface area contributed by atoms with Crippen LogP contribution < -0.4 is 10.5 Å². The topological polar surface area (TPSA) is 55.6 Å². The second-order valence-electron chi connectivity index (χ2n) is 5.22. The Labute approximate surface area is 115 Å². The number of hydrogen-bond donors (Lipinski definition) is 1. The van der Waals surface area contributed by atoms with Gasteiger partial charge in [-0.2, -0.15) is 0 Å². The largest absolute Gasteiger partial charge is 0.491 e. The maximum Gasteiger partial charge on any atom is 0.253 e. The number of ether oxygens (including phenoxy) is 1. The molecule has 0 saturated heterocycles. The number of nitrogens with zero attached hydrogens (tertiary/aromatic N) is 1. The van der Waals surface area contributed by atoms with Crippen molar-refractivity contribution < 1.29 is 9.53 Å². The molecule has 1 aromatic carbocycles. The molecule has 4 heteroatoms. The van der Waals surface area contributed by atoms with Crippen LogP contribution >= 0.6 is 0 Å². The first-order chi connectivity index (χ1) is 8.93. The lowest BCUT2D eigenvalue weighted by Gasteiger charge is -2.21. The Balaban J connectivity index is 2.76. The highest BCUT2D eigenvalue weighted by molar-refractivity contribution is 5.94. The Kier molecular flexibility index (Phi) is 5.83. The van der Waals surface area contributed by atoms with Crippen molar-refractivity contribution in [2.24, 2.45) is 11.7 Å². The third-order valence-electron chi connectivity index (χ3n) is 2.79. The SMILES string of the molecule is CC(CN)CN(C)C(=O)c1cccc(OC(C)C)c1. The fourth-order valence-electron chi connectivity index (χ4n) is 1.82. The molecule has 0 bridgehead atoms. The summed E-state index contributed by atoms with van der Waals surface area (Å²) in [5.41, 5.74) is 6.22. The Morgan fingerprint density at radius 2 is 2.05 bits per heavy atom. The molecular weight excluding hydrogens is 240 g/mol. The first kappa shape index (κ1) is 15.5. The van der Waals surface area contributed by atoms with Crippen molar-refractivity contribution in [3.8, 4) is 5.75 Å². The van der Waals surface area contributed by atoms with Gasteiger partial charge in [0.15, 0.2) is 0 Å². The maximum absolute atomic E-state index is 12.3. The molecule has 1 rings (SSSR count). The molecule has 0 aliphatic heterocycles. The minimum absolute atomic E-state index is 0.00509. The highest BCUT2D eigenvalue weighted by Gasteiger charge is 2.14. The zero-order valence-corrected chi connectivity index (χ0v) is 12.2. The van der Waals surface area contributed by atoms with Crippen LogP contribution in [0.1, 0.15) is 31.1 Å². The molecule has 106 valence electrons. The van der Waals surface area contributed by atoms with Crippen LogP contribution in [0.25, 0.3) is 0 Å². The van der Waals surface area contributed by atoms with E-state index in [1.165, 1.54) is 0 Å². The minimum Gasteiger partial charge on any atom is -0.491 e. The van der Waals surface area contributed by atoms with Gasteiger partial charge in [-0.25, -0.2) is 0 Å². The Morgan fingerprint density at radius 1 is 1.37 bits per heavy atom. The Morgan fingerprint density at radius 3 is 2.63 bits per heavy atom. The molecule has 0 fully saturated rings. The van der Waals surface area contributed by atoms with Gasteiger partial charge in [-0.15, -0.1) is 0 Å². The molecular formula is C15H24N2O2. The van der Waals surface area contributed by atoms with Crippen molar-refractivity contribution in [3.63, 3.8) is 0 Å². The van der Waals surface area contributed by atoms with Crippen LogP contribution in [0.15, 0.2) is 24.3 Å². The van der Waals surface area contributed by atoms with E-state index in [9.17, 15) is 4.79 Å². The quantitative estimate of drug-likeness (QED) is 0.856. The van der Waals surface area contributed by atoms with Crippen molar-refractivity contribution >= 4 is 5.91 Å². The van der Waals surface area contributed by atoms with Gasteiger partial charge in [-0.3, -0.25) is 4.79 Å². The number of hydrogen-bond acceptors (Lipinski definition) is 3. The van der Waals surface area contributed by atoms with Crippen molar-refractivity contribution in [2.75, 3.05) is 20.1 Å². The fraction of sp³-hybridized carbons (Fsp3) is 0.533. The normalized spacial score (nSPS) is 12.3. The molecule has 0 saturated carbocycles. The molecule has 1 unspecified atom stereocenters. The number of nitrogens with two attached hydrogens (primary N) is 1. The summed E-state index contributed by atoms with van der Waals surface area (Å²) in [5, 5.41) is 0. The maximum atomic E-state index is 12.3. The molecule has 1 aromatic rings. The van der Waals surface area contributed by atoms with Crippen LogP contribution in [0, 0.1) is 5.92 Å². The lowest BCUT2D eigenvalue weighted by atomic mass is 10.1. The molecule has 2 N–H and O–H groups in total. The van der Waals surface area contributed by atoms with Crippen LogP contribution in [-0.4, -0.2) is 37.0 Å². The van der Waals surface area contributed by atoms with E-state index < -0.39 is 0 Å². The van der Waals surface area contributed by atoms with Crippen molar-refractivity contribution in [1.29, 1.82) is 0 Å². The van der Waals surface area contributed by atoms with Crippen molar-refractivity contribution in [2.45, 2.75) is 26.9 Å². The summed E-state index contributed by atoms with van der Waals surface area (Å²) < 4.78 is 5.60. The first-order valence-corrected chi connectivity index (χ1v) is 6.66. The second-order valence-corrected chi connectivity index (χ2v) is 5.22. The van der Waals surface area contributed by atoms with Crippen LogP contribution in [0.4, 0.5) is 0 Å². The third-order valence-corrected chi connectivity index (χ3v) is 2.79. The van der Waals surface area contributed by atoms with Crippen LogP contribution in [0.2, 0.25) is 0 Å². The summed E-state index contributed by atoms with van der Waals surface area (Å²) in [5.74, 6) is 1.01. The smallest absolute Gasteiger partial charge is 0.253 e. The van der Waals surface area contributed by atoms with E-state index in [0.717, 1.165) is 5.75 Å². The number of rotatable bonds is 6. The number of amides is 1. The molecule has 1 amide bonds. The van der Waals surface area contributed by atoms with Crippen LogP contribution in [0.3, 0.4) is 0 Å². The van der Waals surface area contributed by atoms with Gasteiger partial charge in [0.25, 0.3) is 5.91 Å². The number of carbonyl (C=O) groups is 1. The molecule has 0 aliphatic carbocycles. The van der Waals surface area contributed by atoms with E-state index in [0.29, 0.717) is 24.6 Å². The zero-order chi connectivity index (χ0) is 14.4. The highest BCUT2D eigenvalue weighted by Crippen LogP contribution is 2.16. The van der Waals surface area contributed by atoms with Crippen molar-refractivity contribution in [3.05, 3.63) is 29.8 Å². The van der Waals surface area contributed by atoms with E-state index in [-0.39, 0.29) is 12.0 Å². The molecule has 0 aromatic heterocycles. The third kappa shape index (κ3) is 4.91. The van der Waals surface area contributed by atoms with E-state index >= 15 is 0 Å². The van der Waals surface area contributed by atoms with Gasteiger partial charge in [0, 0.05) is 19.2 Å². The van der Waals surface area contributed by atoms with Crippen LogP contribution in [0.5, 0.6) is 5.75 Å². The second kappa shape index (κ2) is 7.14. The van der Waals surface area contributed by atoms with Gasteiger partial charge in [-0.05, 0) is 44.5 Å². The summed E-state index contributed by atoms with van der Waals surface area (Å²) in [6.07, 6.45) is 0.0975. The predicted octanol–water partition coefficient (Wildman–Crippen LogP) is 2.14. The standard InChI is InChI=1S/C15H24N2O2/c1-11(2)19-14-7-5-6-13(8-14)15(18)17(4)10-12(3)9-16/h5-8,11-12H,9-10,16H2,1-4H3. The molecule has 4 nitrogen and oxygen atoms in total. The minimum atomic E-state index is -0.00509. The zero-order valence-electron chi connectivity index (χ0n) is 12.2. The Bertz CT molecular complexity index is 418. The number of benzene rings is 1. The van der Waals surface area contributed by atoms with E-state index in [1.807, 2.05) is 32.9 Å². The lowest BCUT2D eigenvalue weighted by molar-refractivity contribution is 0.0776. The summed E-state index contributed by atoms with van der Waals surface area (Å²) >= 11 is 0. The lowest BCUT2D eigenvalue weighted by Crippen LogP contribution is -2.33. The monoisotopic (exact) mass is 264 g/mol. The molecule has 19 heavy (non-hydrogen) atoms. The van der Waals surface area contributed by atoms with Crippen LogP contribution in [-0.2, 0) is 0 Å². The fourth-order valence-corrected chi connectivity index (χ4v) is 1.82. The van der Waals surface area contributed by atoms with Gasteiger partial charge in [0.05, 0.1) is 6.10 Å². The van der Waals surface area contributed by atoms with E-state index in [2.05, 4.69) is 0 Å². The molecule has 0 spiro atoms. The van der Waals surface area contributed by atoms with Gasteiger partial charge in [0.2, 0.25) is 0 Å². The van der Waals surface area contributed by atoms with Gasteiger partial charge in [-0.1, -0.05) is 13.0 Å². The highest BCUT2D eigenvalue weighted by atomic mass is 16.5. The Hall–Kier alpha value is -1.55. The molecule has 0 radical (unpaired) electrons. The predicted molar refractivity (Wildman–Crippen MR) is 77.4 cm³/mol. The summed E-state index contributed by atoms with van der Waals surface area (Å²) in [6, 6.07) is 7.29. The van der Waals surface area contributed by atoms with Gasteiger partial charge >= 0.3 is 0 Å². The summed E-state index contributed by atoms with van der Waals surface area (Å²) in [4.78, 5) is 14.0. The molecule has 1 atom stereocenters.